The SMILES string of the molecule is CCCN(CCC)c1ccnc(C(=O)NCCc2ccccc2)c1. The highest BCUT2D eigenvalue weighted by atomic mass is 16.1. The maximum absolute atomic E-state index is 12.3. The molecule has 1 N–H and O–H groups in total. The first-order valence-electron chi connectivity index (χ1n) is 8.77. The number of nitrogens with zero attached hydrogens (tertiary/aromatic N) is 2. The molecule has 0 radical (unpaired) electrons. The molecule has 0 saturated carbocycles. The molecule has 2 rings (SSSR count). The maximum atomic E-state index is 12.3. The van der Waals surface area contributed by atoms with Gasteiger partial charge in [-0.2, -0.15) is 0 Å². The van der Waals surface area contributed by atoms with Gasteiger partial charge in [0.15, 0.2) is 0 Å². The lowest BCUT2D eigenvalue weighted by Gasteiger charge is -2.23. The van der Waals surface area contributed by atoms with E-state index in [4.69, 9.17) is 0 Å². The second kappa shape index (κ2) is 9.71. The molecule has 0 bridgehead atoms. The van der Waals surface area contributed by atoms with E-state index in [-0.39, 0.29) is 5.91 Å². The Kier molecular flexibility index (Phi) is 7.27. The number of aromatic nitrogens is 1. The minimum Gasteiger partial charge on any atom is -0.371 e. The Labute approximate surface area is 144 Å². The van der Waals surface area contributed by atoms with Gasteiger partial charge in [0.1, 0.15) is 5.69 Å². The molecular weight excluding hydrogens is 298 g/mol. The van der Waals surface area contributed by atoms with Crippen LogP contribution >= 0.6 is 0 Å². The zero-order valence-electron chi connectivity index (χ0n) is 14.7. The van der Waals surface area contributed by atoms with Crippen LogP contribution in [0.4, 0.5) is 5.69 Å². The first-order valence-corrected chi connectivity index (χ1v) is 8.77. The van der Waals surface area contributed by atoms with Crippen molar-refractivity contribution in [3.8, 4) is 0 Å². The summed E-state index contributed by atoms with van der Waals surface area (Å²) in [6, 6.07) is 14.0. The van der Waals surface area contributed by atoms with E-state index >= 15 is 0 Å². The molecule has 24 heavy (non-hydrogen) atoms. The Balaban J connectivity index is 1.95. The van der Waals surface area contributed by atoms with Crippen LogP contribution in [0.3, 0.4) is 0 Å². The van der Waals surface area contributed by atoms with Crippen molar-refractivity contribution in [3.63, 3.8) is 0 Å². The van der Waals surface area contributed by atoms with Crippen molar-refractivity contribution in [1.29, 1.82) is 0 Å². The molecule has 0 saturated heterocycles. The molecule has 0 aliphatic heterocycles. The molecule has 1 aromatic carbocycles. The van der Waals surface area contributed by atoms with Crippen LogP contribution in [0.25, 0.3) is 0 Å². The number of nitrogens with one attached hydrogen (secondary N) is 1. The van der Waals surface area contributed by atoms with Gasteiger partial charge in [0.25, 0.3) is 5.91 Å². The number of amides is 1. The second-order valence-corrected chi connectivity index (χ2v) is 5.88. The Bertz CT molecular complexity index is 622. The van der Waals surface area contributed by atoms with Crippen LogP contribution in [-0.2, 0) is 6.42 Å². The Morgan fingerprint density at radius 1 is 1.08 bits per heavy atom. The van der Waals surface area contributed by atoms with E-state index in [1.807, 2.05) is 30.3 Å². The molecule has 128 valence electrons. The fourth-order valence-electron chi connectivity index (χ4n) is 2.71. The summed E-state index contributed by atoms with van der Waals surface area (Å²) in [6.45, 7) is 6.93. The van der Waals surface area contributed by atoms with E-state index in [0.717, 1.165) is 38.0 Å². The van der Waals surface area contributed by atoms with Gasteiger partial charge in [-0.1, -0.05) is 44.2 Å². The molecule has 0 unspecified atom stereocenters. The summed E-state index contributed by atoms with van der Waals surface area (Å²) in [5, 5.41) is 2.96. The average Bonchev–Trinajstić information content (AvgIpc) is 2.62. The Morgan fingerprint density at radius 3 is 2.46 bits per heavy atom. The van der Waals surface area contributed by atoms with E-state index < -0.39 is 0 Å². The van der Waals surface area contributed by atoms with Crippen LogP contribution in [0, 0.1) is 0 Å². The van der Waals surface area contributed by atoms with Crippen molar-refractivity contribution in [2.75, 3.05) is 24.5 Å². The van der Waals surface area contributed by atoms with Gasteiger partial charge in [0, 0.05) is 31.5 Å². The number of hydrogen-bond donors (Lipinski definition) is 1. The predicted molar refractivity (Wildman–Crippen MR) is 99.5 cm³/mol. The summed E-state index contributed by atoms with van der Waals surface area (Å²) < 4.78 is 0. The highest BCUT2D eigenvalue weighted by molar-refractivity contribution is 5.93. The maximum Gasteiger partial charge on any atom is 0.269 e. The van der Waals surface area contributed by atoms with Crippen LogP contribution in [0.1, 0.15) is 42.7 Å². The number of hydrogen-bond acceptors (Lipinski definition) is 3. The molecule has 0 fully saturated rings. The van der Waals surface area contributed by atoms with Gasteiger partial charge in [0.2, 0.25) is 0 Å². The summed E-state index contributed by atoms with van der Waals surface area (Å²) in [5.74, 6) is -0.110. The quantitative estimate of drug-likeness (QED) is 0.765. The third-order valence-electron chi connectivity index (χ3n) is 3.87. The molecule has 1 amide bonds. The van der Waals surface area contributed by atoms with Crippen LogP contribution in [0.5, 0.6) is 0 Å². The normalized spacial score (nSPS) is 10.4. The van der Waals surface area contributed by atoms with Gasteiger partial charge in [-0.05, 0) is 37.0 Å². The lowest BCUT2D eigenvalue weighted by atomic mass is 10.1. The molecule has 4 nitrogen and oxygen atoms in total. The number of anilines is 1. The first-order chi connectivity index (χ1) is 11.7. The zero-order chi connectivity index (χ0) is 17.2. The molecular formula is C20H27N3O. The van der Waals surface area contributed by atoms with E-state index in [1.54, 1.807) is 6.20 Å². The van der Waals surface area contributed by atoms with Gasteiger partial charge in [-0.25, -0.2) is 0 Å². The van der Waals surface area contributed by atoms with Gasteiger partial charge < -0.3 is 10.2 Å². The fourth-order valence-corrected chi connectivity index (χ4v) is 2.71. The van der Waals surface area contributed by atoms with E-state index in [0.29, 0.717) is 12.2 Å². The molecule has 0 aliphatic carbocycles. The van der Waals surface area contributed by atoms with Gasteiger partial charge in [-0.3, -0.25) is 9.78 Å². The second-order valence-electron chi connectivity index (χ2n) is 5.88. The van der Waals surface area contributed by atoms with Crippen molar-refractivity contribution in [1.82, 2.24) is 10.3 Å². The fraction of sp³-hybridized carbons (Fsp3) is 0.400. The minimum atomic E-state index is -0.110. The standard InChI is InChI=1S/C20H27N3O/c1-3-14-23(15-4-2)18-11-13-21-19(16-18)20(24)22-12-10-17-8-6-5-7-9-17/h5-9,11,13,16H,3-4,10,12,14-15H2,1-2H3,(H,22,24). The molecule has 0 atom stereocenters. The molecule has 0 spiro atoms. The smallest absolute Gasteiger partial charge is 0.269 e. The predicted octanol–water partition coefficient (Wildman–Crippen LogP) is 3.68. The molecule has 2 aromatic rings. The first kappa shape index (κ1) is 18.0. The van der Waals surface area contributed by atoms with E-state index in [1.165, 1.54) is 5.56 Å². The molecule has 4 heteroatoms. The number of benzene rings is 1. The zero-order valence-corrected chi connectivity index (χ0v) is 14.7. The van der Waals surface area contributed by atoms with Crippen molar-refractivity contribution in [2.45, 2.75) is 33.1 Å². The number of carbonyl (C=O) groups excluding carboxylic acids is 1. The molecule has 1 heterocycles. The van der Waals surface area contributed by atoms with Gasteiger partial charge in [-0.15, -0.1) is 0 Å². The summed E-state index contributed by atoms with van der Waals surface area (Å²) >= 11 is 0. The van der Waals surface area contributed by atoms with Gasteiger partial charge >= 0.3 is 0 Å². The van der Waals surface area contributed by atoms with Crippen molar-refractivity contribution < 1.29 is 4.79 Å². The number of carbonyl (C=O) groups is 1. The third-order valence-corrected chi connectivity index (χ3v) is 3.87. The highest BCUT2D eigenvalue weighted by Gasteiger charge is 2.10. The summed E-state index contributed by atoms with van der Waals surface area (Å²) in [7, 11) is 0. The lowest BCUT2D eigenvalue weighted by Crippen LogP contribution is -2.28. The largest absolute Gasteiger partial charge is 0.371 e. The van der Waals surface area contributed by atoms with Crippen LogP contribution < -0.4 is 10.2 Å². The molecule has 1 aromatic heterocycles. The van der Waals surface area contributed by atoms with Crippen molar-refractivity contribution in [3.05, 3.63) is 59.9 Å². The average molecular weight is 325 g/mol. The van der Waals surface area contributed by atoms with Gasteiger partial charge in [0.05, 0.1) is 0 Å². The summed E-state index contributed by atoms with van der Waals surface area (Å²) in [6.07, 6.45) is 4.71. The Morgan fingerprint density at radius 2 is 1.79 bits per heavy atom. The lowest BCUT2D eigenvalue weighted by molar-refractivity contribution is 0.0949. The van der Waals surface area contributed by atoms with Crippen LogP contribution in [0.2, 0.25) is 0 Å². The summed E-state index contributed by atoms with van der Waals surface area (Å²) in [4.78, 5) is 18.9. The van der Waals surface area contributed by atoms with Crippen LogP contribution in [0.15, 0.2) is 48.7 Å². The third kappa shape index (κ3) is 5.37. The number of pyridine rings is 1. The number of rotatable bonds is 9. The van der Waals surface area contributed by atoms with E-state index in [2.05, 4.69) is 41.2 Å². The minimum absolute atomic E-state index is 0.110. The Hall–Kier alpha value is -2.36. The highest BCUT2D eigenvalue weighted by Crippen LogP contribution is 2.15. The van der Waals surface area contributed by atoms with Crippen molar-refractivity contribution in [2.24, 2.45) is 0 Å². The summed E-state index contributed by atoms with van der Waals surface area (Å²) in [5.41, 5.74) is 2.77. The topological polar surface area (TPSA) is 45.2 Å². The van der Waals surface area contributed by atoms with Crippen LogP contribution in [-0.4, -0.2) is 30.5 Å². The molecule has 0 aliphatic rings. The monoisotopic (exact) mass is 325 g/mol. The van der Waals surface area contributed by atoms with E-state index in [9.17, 15) is 4.79 Å². The van der Waals surface area contributed by atoms with Crippen molar-refractivity contribution >= 4 is 11.6 Å².